The Balaban J connectivity index is 1.92. The molecule has 220 valence electrons. The van der Waals surface area contributed by atoms with Crippen molar-refractivity contribution in [3.8, 4) is 0 Å². The molecule has 0 radical (unpaired) electrons. The Morgan fingerprint density at radius 2 is 1.82 bits per heavy atom. The Morgan fingerprint density at radius 3 is 2.44 bits per heavy atom. The second kappa shape index (κ2) is 12.7. The van der Waals surface area contributed by atoms with Crippen LogP contribution in [0.5, 0.6) is 0 Å². The van der Waals surface area contributed by atoms with E-state index in [-0.39, 0.29) is 29.8 Å². The molecule has 0 unspecified atom stereocenters. The number of fused-ring (bicyclic) bond motifs is 1. The number of carbonyl (C=O) groups excluding carboxylic acids is 2. The molecule has 7 atom stereocenters. The van der Waals surface area contributed by atoms with Crippen LogP contribution in [0, 0.1) is 17.3 Å². The number of epoxide rings is 1. The smallest absolute Gasteiger partial charge is 0.309 e. The molecule has 0 bridgehead atoms. The summed E-state index contributed by atoms with van der Waals surface area (Å²) >= 11 is 3.18. The Morgan fingerprint density at radius 1 is 1.15 bits per heavy atom. The minimum Gasteiger partial charge on any atom is -0.458 e. The van der Waals surface area contributed by atoms with Gasteiger partial charge in [-0.3, -0.25) is 9.59 Å². The first-order chi connectivity index (χ1) is 18.2. The number of thioether (sulfide) groups is 2. The molecule has 3 heterocycles. The molecule has 0 saturated carbocycles. The molecule has 0 aromatic carbocycles. The Bertz CT molecular complexity index is 1090. The van der Waals surface area contributed by atoms with Crippen molar-refractivity contribution in [1.29, 1.82) is 0 Å². The summed E-state index contributed by atoms with van der Waals surface area (Å²) in [6, 6.07) is 0. The van der Waals surface area contributed by atoms with E-state index < -0.39 is 35.6 Å². The lowest BCUT2D eigenvalue weighted by molar-refractivity contribution is -0.154. The fourth-order valence-corrected chi connectivity index (χ4v) is 6.89. The third-order valence-electron chi connectivity index (χ3n) is 8.68. The highest BCUT2D eigenvalue weighted by molar-refractivity contribution is 7.99. The minimum atomic E-state index is -1.24. The maximum Gasteiger partial charge on any atom is 0.309 e. The summed E-state index contributed by atoms with van der Waals surface area (Å²) in [5, 5.41) is 23.8. The number of esters is 1. The molecule has 2 aliphatic heterocycles. The molecule has 1 aromatic heterocycles. The van der Waals surface area contributed by atoms with Gasteiger partial charge in [0.15, 0.2) is 5.16 Å². The molecule has 2 aliphatic rings. The van der Waals surface area contributed by atoms with Gasteiger partial charge >= 0.3 is 5.97 Å². The number of aliphatic hydroxyl groups is 2. The highest BCUT2D eigenvalue weighted by atomic mass is 32.2. The predicted molar refractivity (Wildman–Crippen MR) is 156 cm³/mol. The van der Waals surface area contributed by atoms with E-state index in [1.165, 1.54) is 0 Å². The number of imidazole rings is 1. The summed E-state index contributed by atoms with van der Waals surface area (Å²) in [5.41, 5.74) is 0.128. The topological polar surface area (TPSA) is 114 Å². The van der Waals surface area contributed by atoms with Crippen molar-refractivity contribution in [3.05, 3.63) is 11.3 Å². The summed E-state index contributed by atoms with van der Waals surface area (Å²) < 4.78 is 14.1. The number of ketones is 1. The van der Waals surface area contributed by atoms with Crippen molar-refractivity contribution < 1.29 is 29.3 Å². The van der Waals surface area contributed by atoms with Crippen LogP contribution in [-0.2, 0) is 26.1 Å². The Labute approximate surface area is 241 Å². The molecular formula is C29H46N2O6S2. The number of rotatable bonds is 4. The van der Waals surface area contributed by atoms with Crippen molar-refractivity contribution >= 4 is 41.4 Å². The SMILES string of the molecule is CSc1nc(C=C(C)[C@@H]2C[C@@H]3O[C@]3(C)CCC[C@H](C)[C@H](O)[C@@H](C)C(=O)C(C)(C)[C@@H](O)CC(=O)O2)c(SC)n1C. The molecule has 2 fully saturated rings. The van der Waals surface area contributed by atoms with Gasteiger partial charge in [0.2, 0.25) is 0 Å². The third-order valence-corrected chi connectivity index (χ3v) is 10.3. The van der Waals surface area contributed by atoms with Gasteiger partial charge in [-0.2, -0.15) is 0 Å². The summed E-state index contributed by atoms with van der Waals surface area (Å²) in [5.74, 6) is -1.58. The number of ether oxygens (including phenoxy) is 2. The number of Topliss-reactive ketones (excluding diaryl/α,β-unsaturated/α-hetero) is 1. The first-order valence-electron chi connectivity index (χ1n) is 13.8. The van der Waals surface area contributed by atoms with Gasteiger partial charge in [-0.25, -0.2) is 4.98 Å². The number of nitrogens with zero attached hydrogens (tertiary/aromatic N) is 2. The van der Waals surface area contributed by atoms with E-state index in [2.05, 4.69) is 11.5 Å². The summed E-state index contributed by atoms with van der Waals surface area (Å²) in [6.07, 6.45) is 5.87. The quantitative estimate of drug-likeness (QED) is 0.291. The zero-order valence-corrected chi connectivity index (χ0v) is 26.4. The molecule has 3 rings (SSSR count). The molecule has 0 spiro atoms. The van der Waals surface area contributed by atoms with Crippen LogP contribution in [0.3, 0.4) is 0 Å². The second-order valence-electron chi connectivity index (χ2n) is 12.0. The van der Waals surface area contributed by atoms with Crippen LogP contribution < -0.4 is 0 Å². The van der Waals surface area contributed by atoms with Crippen molar-refractivity contribution in [2.45, 2.75) is 114 Å². The first-order valence-corrected chi connectivity index (χ1v) is 16.2. The van der Waals surface area contributed by atoms with Gasteiger partial charge in [-0.05, 0) is 56.8 Å². The Hall–Kier alpha value is -1.33. The lowest BCUT2D eigenvalue weighted by Crippen LogP contribution is -2.45. The maximum absolute atomic E-state index is 13.3. The molecule has 2 saturated heterocycles. The standard InChI is InChI=1S/C29H46N2O6S2/c1-16-11-10-12-29(6)22(37-29)14-20(17(2)13-19-26(38-8)31(7)27(30-19)39-9)36-23(33)15-21(32)28(4,5)25(35)18(3)24(16)34/h13,16,18,20-22,24,32,34H,10-12,14-15H2,1-9H3/t16-,18+,20-,21-,22-,24-,29+/m0/s1. The van der Waals surface area contributed by atoms with Gasteiger partial charge in [0.25, 0.3) is 0 Å². The normalized spacial score (nSPS) is 34.9. The largest absolute Gasteiger partial charge is 0.458 e. The van der Waals surface area contributed by atoms with Crippen LogP contribution in [0.1, 0.15) is 79.3 Å². The van der Waals surface area contributed by atoms with Crippen molar-refractivity contribution in [2.24, 2.45) is 24.3 Å². The number of aromatic nitrogens is 2. The first kappa shape index (κ1) is 32.2. The van der Waals surface area contributed by atoms with Crippen molar-refractivity contribution in [2.75, 3.05) is 12.5 Å². The number of aliphatic hydroxyl groups excluding tert-OH is 2. The molecule has 8 nitrogen and oxygen atoms in total. The number of cyclic esters (lactones) is 1. The van der Waals surface area contributed by atoms with Crippen molar-refractivity contribution in [1.82, 2.24) is 9.55 Å². The zero-order valence-electron chi connectivity index (χ0n) is 24.8. The van der Waals surface area contributed by atoms with Crippen LogP contribution in [0.25, 0.3) is 6.08 Å². The van der Waals surface area contributed by atoms with Crippen LogP contribution in [0.2, 0.25) is 0 Å². The monoisotopic (exact) mass is 582 g/mol. The summed E-state index contributed by atoms with van der Waals surface area (Å²) in [4.78, 5) is 31.2. The van der Waals surface area contributed by atoms with E-state index in [1.807, 2.05) is 39.5 Å². The van der Waals surface area contributed by atoms with E-state index in [1.54, 1.807) is 44.3 Å². The van der Waals surface area contributed by atoms with Crippen LogP contribution in [-0.4, -0.2) is 74.0 Å². The number of hydrogen-bond donors (Lipinski definition) is 2. The fraction of sp³-hybridized carbons (Fsp3) is 0.759. The lowest BCUT2D eigenvalue weighted by atomic mass is 9.73. The van der Waals surface area contributed by atoms with Gasteiger partial charge < -0.3 is 24.3 Å². The average molecular weight is 583 g/mol. The van der Waals surface area contributed by atoms with Crippen molar-refractivity contribution in [3.63, 3.8) is 0 Å². The average Bonchev–Trinajstić information content (AvgIpc) is 3.41. The minimum absolute atomic E-state index is 0.0702. The summed E-state index contributed by atoms with van der Waals surface area (Å²) in [7, 11) is 1.98. The molecule has 39 heavy (non-hydrogen) atoms. The maximum atomic E-state index is 13.3. The third kappa shape index (κ3) is 7.12. The second-order valence-corrected chi connectivity index (χ2v) is 13.6. The van der Waals surface area contributed by atoms with Gasteiger partial charge in [-0.1, -0.05) is 45.9 Å². The highest BCUT2D eigenvalue weighted by Gasteiger charge is 2.53. The van der Waals surface area contributed by atoms with Crippen LogP contribution >= 0.6 is 23.5 Å². The molecule has 0 aliphatic carbocycles. The predicted octanol–water partition coefficient (Wildman–Crippen LogP) is 4.89. The number of carbonyl (C=O) groups is 2. The van der Waals surface area contributed by atoms with Gasteiger partial charge in [0.05, 0.1) is 41.4 Å². The molecule has 2 N–H and O–H groups in total. The molecule has 10 heteroatoms. The summed E-state index contributed by atoms with van der Waals surface area (Å²) in [6.45, 7) is 10.9. The highest BCUT2D eigenvalue weighted by Crippen LogP contribution is 2.45. The van der Waals surface area contributed by atoms with E-state index in [0.29, 0.717) is 6.42 Å². The van der Waals surface area contributed by atoms with E-state index in [9.17, 15) is 19.8 Å². The van der Waals surface area contributed by atoms with Crippen LogP contribution in [0.4, 0.5) is 0 Å². The van der Waals surface area contributed by atoms with Gasteiger partial charge in [-0.15, -0.1) is 11.8 Å². The molecule has 1 aromatic rings. The zero-order chi connectivity index (χ0) is 29.3. The number of hydrogen-bond acceptors (Lipinski definition) is 9. The molecule has 0 amide bonds. The fourth-order valence-electron chi connectivity index (χ4n) is 5.61. The molecular weight excluding hydrogens is 536 g/mol. The van der Waals surface area contributed by atoms with Crippen LogP contribution in [0.15, 0.2) is 15.8 Å². The van der Waals surface area contributed by atoms with E-state index in [0.717, 1.165) is 40.7 Å². The van der Waals surface area contributed by atoms with E-state index >= 15 is 0 Å². The Kier molecular flexibility index (Phi) is 10.5. The van der Waals surface area contributed by atoms with E-state index in [4.69, 9.17) is 14.5 Å². The van der Waals surface area contributed by atoms with Gasteiger partial charge in [0.1, 0.15) is 16.9 Å². The lowest BCUT2D eigenvalue weighted by Gasteiger charge is -2.34. The van der Waals surface area contributed by atoms with Gasteiger partial charge in [0, 0.05) is 19.4 Å².